The van der Waals surface area contributed by atoms with Crippen LogP contribution in [0.25, 0.3) is 0 Å². The molecule has 0 fully saturated rings. The normalized spacial score (nSPS) is 13.3. The number of aryl methyl sites for hydroxylation is 1. The predicted octanol–water partition coefficient (Wildman–Crippen LogP) is 4.45. The van der Waals surface area contributed by atoms with Crippen molar-refractivity contribution in [1.29, 1.82) is 0 Å². The average Bonchev–Trinajstić information content (AvgIpc) is 2.63. The van der Waals surface area contributed by atoms with Crippen LogP contribution in [0.3, 0.4) is 0 Å². The van der Waals surface area contributed by atoms with Crippen LogP contribution in [0.2, 0.25) is 5.02 Å². The Morgan fingerprint density at radius 1 is 1.14 bits per heavy atom. The molecule has 0 radical (unpaired) electrons. The highest BCUT2D eigenvalue weighted by atomic mass is 35.5. The Balaban J connectivity index is 2.54. The van der Waals surface area contributed by atoms with Crippen LogP contribution >= 0.6 is 11.6 Å². The molecule has 2 aromatic carbocycles. The Labute approximate surface area is 169 Å². The molecule has 0 saturated carbocycles. The second-order valence-electron chi connectivity index (χ2n) is 6.05. The third-order valence-electron chi connectivity index (χ3n) is 3.84. The first-order valence-corrected chi connectivity index (χ1v) is 8.74. The zero-order valence-corrected chi connectivity index (χ0v) is 16.1. The highest BCUT2D eigenvalue weighted by molar-refractivity contribution is 6.30. The number of carbonyl (C=O) groups excluding carboxylic acids is 2. The largest absolute Gasteiger partial charge is 0.463 e. The summed E-state index contributed by atoms with van der Waals surface area (Å²) in [7, 11) is 0. The number of esters is 1. The van der Waals surface area contributed by atoms with E-state index < -0.39 is 35.2 Å². The molecule has 2 N–H and O–H groups in total. The van der Waals surface area contributed by atoms with Gasteiger partial charge in [-0.25, -0.2) is 9.18 Å². The van der Waals surface area contributed by atoms with E-state index in [0.717, 1.165) is 12.1 Å². The van der Waals surface area contributed by atoms with E-state index in [1.807, 2.05) is 5.32 Å². The van der Waals surface area contributed by atoms with Crippen molar-refractivity contribution < 1.29 is 31.9 Å². The molecule has 0 saturated heterocycles. The van der Waals surface area contributed by atoms with E-state index in [0.29, 0.717) is 11.6 Å². The highest BCUT2D eigenvalue weighted by Crippen LogP contribution is 2.34. The number of carbonyl (C=O) groups is 2. The molecule has 1 atom stereocenters. The Morgan fingerprint density at radius 2 is 1.83 bits per heavy atom. The quantitative estimate of drug-likeness (QED) is 0.402. The van der Waals surface area contributed by atoms with Gasteiger partial charge in [-0.1, -0.05) is 29.3 Å². The van der Waals surface area contributed by atoms with Gasteiger partial charge in [-0.3, -0.25) is 4.79 Å². The van der Waals surface area contributed by atoms with E-state index in [4.69, 9.17) is 11.6 Å². The number of nitrogens with one attached hydrogen (secondary N) is 2. The van der Waals surface area contributed by atoms with E-state index in [2.05, 4.69) is 4.74 Å². The molecular formula is C19H17ClF4N2O3. The predicted molar refractivity (Wildman–Crippen MR) is 99.1 cm³/mol. The molecule has 29 heavy (non-hydrogen) atoms. The maximum absolute atomic E-state index is 14.1. The Morgan fingerprint density at radius 3 is 2.38 bits per heavy atom. The van der Waals surface area contributed by atoms with E-state index >= 15 is 0 Å². The molecular weight excluding hydrogens is 416 g/mol. The number of benzene rings is 2. The van der Waals surface area contributed by atoms with E-state index in [1.165, 1.54) is 25.1 Å². The second-order valence-corrected chi connectivity index (χ2v) is 6.45. The fraction of sp³-hybridized carbons (Fsp3) is 0.263. The van der Waals surface area contributed by atoms with E-state index in [9.17, 15) is 27.2 Å². The van der Waals surface area contributed by atoms with Crippen molar-refractivity contribution in [3.8, 4) is 0 Å². The molecule has 5 nitrogen and oxygen atoms in total. The molecule has 0 aromatic heterocycles. The van der Waals surface area contributed by atoms with Gasteiger partial charge in [0.25, 0.3) is 5.91 Å². The van der Waals surface area contributed by atoms with Gasteiger partial charge in [0.1, 0.15) is 5.82 Å². The monoisotopic (exact) mass is 432 g/mol. The first-order valence-electron chi connectivity index (χ1n) is 8.36. The molecule has 0 aliphatic carbocycles. The van der Waals surface area contributed by atoms with E-state index in [-0.39, 0.29) is 17.2 Å². The number of ether oxygens (including phenoxy) is 1. The number of hydrogen-bond donors (Lipinski definition) is 2. The van der Waals surface area contributed by atoms with Crippen LogP contribution in [0, 0.1) is 12.7 Å². The van der Waals surface area contributed by atoms with Crippen LogP contribution in [0.1, 0.15) is 22.8 Å². The molecule has 10 heteroatoms. The van der Waals surface area contributed by atoms with E-state index in [1.54, 1.807) is 18.3 Å². The first kappa shape index (κ1) is 22.5. The minimum Gasteiger partial charge on any atom is -0.463 e. The average molecular weight is 433 g/mol. The molecule has 0 bridgehead atoms. The SMILES string of the molecule is CCOC(=O)[C@](NC(=O)c1cccc(C)c1)(Nc1ccc(Cl)c(F)c1)C(F)(F)F. The van der Waals surface area contributed by atoms with Gasteiger partial charge >= 0.3 is 17.8 Å². The summed E-state index contributed by atoms with van der Waals surface area (Å²) in [6.07, 6.45) is -5.34. The summed E-state index contributed by atoms with van der Waals surface area (Å²) < 4.78 is 60.5. The van der Waals surface area contributed by atoms with Crippen LogP contribution in [0.5, 0.6) is 0 Å². The van der Waals surface area contributed by atoms with Gasteiger partial charge < -0.3 is 15.4 Å². The third-order valence-corrected chi connectivity index (χ3v) is 4.15. The standard InChI is InChI=1S/C19H17ClF4N2O3/c1-3-29-17(28)18(19(22,23)24,25-13-7-8-14(20)15(21)10-13)26-16(27)12-6-4-5-11(2)9-12/h4-10,25H,3H2,1-2H3,(H,26,27)/t18-/m1/s1. The van der Waals surface area contributed by atoms with Crippen LogP contribution in [-0.4, -0.2) is 30.3 Å². The lowest BCUT2D eigenvalue weighted by Crippen LogP contribution is -2.69. The van der Waals surface area contributed by atoms with Crippen molar-refractivity contribution in [3.05, 3.63) is 64.4 Å². The molecule has 0 spiro atoms. The topological polar surface area (TPSA) is 67.4 Å². The van der Waals surface area contributed by atoms with Gasteiger partial charge in [0.15, 0.2) is 0 Å². The number of halogens is 5. The molecule has 2 rings (SSSR count). The zero-order chi connectivity index (χ0) is 21.8. The zero-order valence-electron chi connectivity index (χ0n) is 15.4. The second kappa shape index (κ2) is 8.69. The lowest BCUT2D eigenvalue weighted by atomic mass is 10.1. The summed E-state index contributed by atoms with van der Waals surface area (Å²) in [4.78, 5) is 24.9. The number of hydrogen-bond acceptors (Lipinski definition) is 4. The highest BCUT2D eigenvalue weighted by Gasteiger charge is 2.63. The van der Waals surface area contributed by atoms with Crippen LogP contribution < -0.4 is 10.6 Å². The summed E-state index contributed by atoms with van der Waals surface area (Å²) in [5.74, 6) is -3.99. The van der Waals surface area contributed by atoms with Gasteiger partial charge in [-0.2, -0.15) is 13.2 Å². The fourth-order valence-electron chi connectivity index (χ4n) is 2.45. The first-order chi connectivity index (χ1) is 13.5. The number of anilines is 1. The van der Waals surface area contributed by atoms with Crippen molar-refractivity contribution in [2.24, 2.45) is 0 Å². The lowest BCUT2D eigenvalue weighted by molar-refractivity contribution is -0.204. The lowest BCUT2D eigenvalue weighted by Gasteiger charge is -2.35. The molecule has 0 aliphatic rings. The molecule has 0 unspecified atom stereocenters. The summed E-state index contributed by atoms with van der Waals surface area (Å²) >= 11 is 5.55. The number of amides is 1. The van der Waals surface area contributed by atoms with Crippen LogP contribution in [-0.2, 0) is 9.53 Å². The molecule has 0 heterocycles. The maximum Gasteiger partial charge on any atom is 0.441 e. The molecule has 1 amide bonds. The summed E-state index contributed by atoms with van der Waals surface area (Å²) in [6.45, 7) is 2.57. The van der Waals surface area contributed by atoms with Gasteiger partial charge in [-0.05, 0) is 44.2 Å². The fourth-order valence-corrected chi connectivity index (χ4v) is 2.57. The van der Waals surface area contributed by atoms with Gasteiger partial charge in [0, 0.05) is 11.3 Å². The van der Waals surface area contributed by atoms with Crippen LogP contribution in [0.4, 0.5) is 23.2 Å². The van der Waals surface area contributed by atoms with Gasteiger partial charge in [0.2, 0.25) is 0 Å². The van der Waals surface area contributed by atoms with Crippen molar-refractivity contribution in [2.75, 3.05) is 11.9 Å². The van der Waals surface area contributed by atoms with Gasteiger partial charge in [0.05, 0.1) is 11.6 Å². The molecule has 156 valence electrons. The summed E-state index contributed by atoms with van der Waals surface area (Å²) in [5, 5.41) is 3.22. The van der Waals surface area contributed by atoms with Crippen molar-refractivity contribution >= 4 is 29.2 Å². The molecule has 0 aliphatic heterocycles. The van der Waals surface area contributed by atoms with Crippen LogP contribution in [0.15, 0.2) is 42.5 Å². The third kappa shape index (κ3) is 4.97. The van der Waals surface area contributed by atoms with Crippen molar-refractivity contribution in [1.82, 2.24) is 5.32 Å². The maximum atomic E-state index is 14.1. The minimum absolute atomic E-state index is 0.105. The Bertz CT molecular complexity index is 921. The number of alkyl halides is 3. The summed E-state index contributed by atoms with van der Waals surface area (Å²) in [6, 6.07) is 8.47. The smallest absolute Gasteiger partial charge is 0.441 e. The van der Waals surface area contributed by atoms with Crippen molar-refractivity contribution in [2.45, 2.75) is 25.7 Å². The van der Waals surface area contributed by atoms with Gasteiger partial charge in [-0.15, -0.1) is 0 Å². The number of rotatable bonds is 6. The summed E-state index contributed by atoms with van der Waals surface area (Å²) in [5.41, 5.74) is -3.59. The molecule has 2 aromatic rings. The minimum atomic E-state index is -5.34. The Hall–Kier alpha value is -2.81. The Kier molecular flexibility index (Phi) is 6.73. The van der Waals surface area contributed by atoms with Crippen molar-refractivity contribution in [3.63, 3.8) is 0 Å².